The highest BCUT2D eigenvalue weighted by molar-refractivity contribution is 7.53. The molecule has 17 nitrogen and oxygen atoms in total. The molecule has 1 amide bonds. The number of hydrogen-bond acceptors (Lipinski definition) is 14. The number of rotatable bonds is 7. The molecule has 4 heterocycles. The third kappa shape index (κ3) is 13.6. The zero-order valence-electron chi connectivity index (χ0n) is 41.5. The first-order valence-corrected chi connectivity index (χ1v) is 26.1. The van der Waals surface area contributed by atoms with E-state index in [-0.39, 0.29) is 36.4 Å². The Balaban J connectivity index is 1.51. The molecule has 5 aliphatic rings. The molecule has 6 N–H and O–H groups in total. The number of ketones is 3. The van der Waals surface area contributed by atoms with Crippen molar-refractivity contribution < 1.29 is 67.0 Å². The Morgan fingerprint density at radius 3 is 2.25 bits per heavy atom. The van der Waals surface area contributed by atoms with E-state index in [0.717, 1.165) is 5.57 Å². The van der Waals surface area contributed by atoms with Gasteiger partial charge in [-0.2, -0.15) is 0 Å². The lowest BCUT2D eigenvalue weighted by Gasteiger charge is -2.50. The Kier molecular flexibility index (Phi) is 19.9. The largest absolute Gasteiger partial charge is 0.460 e. The van der Waals surface area contributed by atoms with Crippen LogP contribution in [0.2, 0.25) is 0 Å². The van der Waals surface area contributed by atoms with Crippen molar-refractivity contribution in [2.75, 3.05) is 27.9 Å². The van der Waals surface area contributed by atoms with Gasteiger partial charge in [-0.1, -0.05) is 64.2 Å². The molecule has 3 saturated heterocycles. The Labute approximate surface area is 402 Å². The van der Waals surface area contributed by atoms with Crippen LogP contribution in [0, 0.1) is 41.4 Å². The second kappa shape index (κ2) is 24.3. The predicted molar refractivity (Wildman–Crippen MR) is 253 cm³/mol. The fourth-order valence-corrected chi connectivity index (χ4v) is 11.9. The molecule has 0 aromatic heterocycles. The number of esters is 1. The summed E-state index contributed by atoms with van der Waals surface area (Å²) in [5, 5.41) is 23.5. The molecule has 4 fully saturated rings. The number of hydrogen-bond donors (Lipinski definition) is 4. The first-order chi connectivity index (χ1) is 32.0. The van der Waals surface area contributed by atoms with E-state index >= 15 is 0 Å². The molecular weight excluding hydrogens is 898 g/mol. The topological polar surface area (TPSA) is 254 Å². The van der Waals surface area contributed by atoms with E-state index < -0.39 is 109 Å². The van der Waals surface area contributed by atoms with E-state index in [0.29, 0.717) is 69.8 Å². The Morgan fingerprint density at radius 1 is 0.868 bits per heavy atom. The van der Waals surface area contributed by atoms with E-state index in [2.05, 4.69) is 0 Å². The Bertz CT molecular complexity index is 1980. The summed E-state index contributed by atoms with van der Waals surface area (Å²) >= 11 is 0. The molecule has 4 aliphatic heterocycles. The van der Waals surface area contributed by atoms with Crippen LogP contribution in [0.25, 0.3) is 0 Å². The quantitative estimate of drug-likeness (QED) is 0.107. The second-order valence-electron chi connectivity index (χ2n) is 20.2. The van der Waals surface area contributed by atoms with Crippen molar-refractivity contribution in [3.8, 4) is 0 Å². The number of ether oxygens (including phenoxy) is 5. The number of nitrogens with two attached hydrogens (primary N) is 2. The van der Waals surface area contributed by atoms with Crippen molar-refractivity contribution >= 4 is 36.9 Å². The molecular formula is C50H78N3O14P. The van der Waals surface area contributed by atoms with Gasteiger partial charge in [-0.05, 0) is 101 Å². The Morgan fingerprint density at radius 2 is 1.59 bits per heavy atom. The molecule has 11 unspecified atom stereocenters. The summed E-state index contributed by atoms with van der Waals surface area (Å²) in [7, 11) is 0.626. The van der Waals surface area contributed by atoms with E-state index in [1.807, 2.05) is 44.2 Å². The lowest BCUT2D eigenvalue weighted by molar-refractivity contribution is -0.266. The van der Waals surface area contributed by atoms with Crippen LogP contribution >= 0.6 is 7.67 Å². The zero-order chi connectivity index (χ0) is 50.2. The van der Waals surface area contributed by atoms with Gasteiger partial charge in [0.2, 0.25) is 5.79 Å². The van der Waals surface area contributed by atoms with Gasteiger partial charge in [0.05, 0.1) is 24.4 Å². The van der Waals surface area contributed by atoms with Crippen LogP contribution in [0.4, 0.5) is 0 Å². The van der Waals surface area contributed by atoms with Crippen molar-refractivity contribution in [2.45, 2.75) is 167 Å². The number of amides is 1. The molecule has 5 rings (SSSR count). The molecule has 16 atom stereocenters. The second-order valence-corrected chi connectivity index (χ2v) is 21.7. The number of nitrogens with zero attached hydrogens (tertiary/aromatic N) is 1. The van der Waals surface area contributed by atoms with Gasteiger partial charge in [0.15, 0.2) is 5.78 Å². The van der Waals surface area contributed by atoms with Crippen molar-refractivity contribution in [1.82, 2.24) is 4.90 Å². The van der Waals surface area contributed by atoms with E-state index in [9.17, 15) is 38.8 Å². The zero-order valence-corrected chi connectivity index (χ0v) is 42.3. The van der Waals surface area contributed by atoms with Crippen LogP contribution in [-0.2, 0) is 56.7 Å². The number of aliphatic hydroxyl groups excluding tert-OH is 1. The molecule has 0 aromatic carbocycles. The fraction of sp³-hybridized carbons (Fsp3) is 0.740. The highest BCUT2D eigenvalue weighted by atomic mass is 31.2. The highest BCUT2D eigenvalue weighted by Gasteiger charge is 2.57. The summed E-state index contributed by atoms with van der Waals surface area (Å²) in [6, 6.07) is -1.18. The van der Waals surface area contributed by atoms with Crippen LogP contribution < -0.4 is 11.0 Å². The smallest absolute Gasteiger partial charge is 0.335 e. The number of allylic oxidation sites excluding steroid dienone is 6. The summed E-state index contributed by atoms with van der Waals surface area (Å²) in [6.45, 7) is 10.7. The first-order valence-electron chi connectivity index (χ1n) is 24.4. The van der Waals surface area contributed by atoms with Gasteiger partial charge < -0.3 is 43.3 Å². The summed E-state index contributed by atoms with van der Waals surface area (Å²) in [5.74, 6) is -8.97. The standard InChI is InChI=1S/C50H78N3O14P/c1-28-14-11-10-12-15-29(2)40(62-7)26-35-19-17-33(6)50(60,66-35)47(57)48(58)53-21-13-16-36-37(24-34-18-20-39(42(25-34)63-8)67-68(51,52)61)41(65-49(59)43(36)53)27-38(54)30(3)23-32(5)45(56)46(64-9)44(55)31(4)22-28/h10-12,14-15,23,28,30-31,33-37,39-43,45-46,56,60H,13,16-22,24-27H2,1-9H3,(H4,51,52,61)/b12-10+,14-11+,29-15+,32-23+/t28?,30?,31?,33?,34?,35-,36?,37-,39+,40-,41?,42?,43?,45?,46-,50?/m0/s1. The average Bonchev–Trinajstić information content (AvgIpc) is 3.29. The molecule has 0 aromatic rings. The van der Waals surface area contributed by atoms with Gasteiger partial charge in [0.25, 0.3) is 11.7 Å². The number of methoxy groups -OCH3 is 3. The summed E-state index contributed by atoms with van der Waals surface area (Å²) in [4.78, 5) is 72.4. The van der Waals surface area contributed by atoms with E-state index in [1.54, 1.807) is 40.9 Å². The molecule has 18 heteroatoms. The lowest BCUT2D eigenvalue weighted by atomic mass is 9.68. The number of aliphatic hydroxyl groups is 2. The van der Waals surface area contributed by atoms with Crippen LogP contribution in [0.5, 0.6) is 0 Å². The van der Waals surface area contributed by atoms with Crippen molar-refractivity contribution in [3.05, 3.63) is 47.6 Å². The number of fused-ring (bicyclic) bond motifs is 3. The lowest BCUT2D eigenvalue weighted by Crippen LogP contribution is -2.65. The molecule has 0 spiro atoms. The van der Waals surface area contributed by atoms with Crippen molar-refractivity contribution in [1.29, 1.82) is 0 Å². The van der Waals surface area contributed by atoms with Crippen LogP contribution in [-0.4, -0.2) is 127 Å². The van der Waals surface area contributed by atoms with Gasteiger partial charge in [-0.15, -0.1) is 0 Å². The predicted octanol–water partition coefficient (Wildman–Crippen LogP) is 5.45. The van der Waals surface area contributed by atoms with Crippen LogP contribution in [0.15, 0.2) is 47.6 Å². The highest BCUT2D eigenvalue weighted by Crippen LogP contribution is 2.46. The van der Waals surface area contributed by atoms with Crippen LogP contribution in [0.3, 0.4) is 0 Å². The van der Waals surface area contributed by atoms with E-state index in [1.165, 1.54) is 19.1 Å². The SMILES string of the molecule is COC1CC(C[C@@H]2C3CC(=O)C(C)/C=C(\C)C(O)[C@@H](OC)C(=O)C(C)CC(C)/C=C/C=C/C=C(\C)[C@@H](OC)C[C@@H]4CCC(C)C(O)(O4)C(=O)C(=O)N4CCCC2C4C(=O)O3)CC[C@H]1OP(N)(N)=O. The van der Waals surface area contributed by atoms with Crippen molar-refractivity contribution in [3.63, 3.8) is 0 Å². The first kappa shape index (κ1) is 55.7. The molecule has 1 saturated carbocycles. The number of Topliss-reactive ketones (excluding diaryl/α,β-unsaturated/α-hetero) is 3. The molecule has 0 radical (unpaired) electrons. The average molecular weight is 976 g/mol. The fourth-order valence-electron chi connectivity index (χ4n) is 11.2. The van der Waals surface area contributed by atoms with Gasteiger partial charge in [0.1, 0.15) is 30.1 Å². The van der Waals surface area contributed by atoms with Crippen LogP contribution in [0.1, 0.15) is 112 Å². The summed E-state index contributed by atoms with van der Waals surface area (Å²) in [5.41, 5.74) is 12.4. The van der Waals surface area contributed by atoms with Gasteiger partial charge >= 0.3 is 13.6 Å². The van der Waals surface area contributed by atoms with Crippen molar-refractivity contribution in [2.24, 2.45) is 52.4 Å². The Hall–Kier alpha value is -3.22. The number of carbonyl (C=O) groups is 5. The third-order valence-electron chi connectivity index (χ3n) is 15.2. The molecule has 1 aliphatic carbocycles. The minimum absolute atomic E-state index is 0.00643. The maximum atomic E-state index is 14.5. The minimum Gasteiger partial charge on any atom is -0.460 e. The third-order valence-corrected chi connectivity index (χ3v) is 15.8. The van der Waals surface area contributed by atoms with Gasteiger partial charge in [0, 0.05) is 64.4 Å². The molecule has 68 heavy (non-hydrogen) atoms. The number of carbonyl (C=O) groups excluding carboxylic acids is 5. The maximum Gasteiger partial charge on any atom is 0.335 e. The number of piperidine rings is 1. The summed E-state index contributed by atoms with van der Waals surface area (Å²) in [6.07, 6.45) is 9.83. The monoisotopic (exact) mass is 976 g/mol. The van der Waals surface area contributed by atoms with Gasteiger partial charge in [-0.25, -0.2) is 15.8 Å². The molecule has 6 bridgehead atoms. The summed E-state index contributed by atoms with van der Waals surface area (Å²) < 4.78 is 47.3. The maximum absolute atomic E-state index is 14.5. The van der Waals surface area contributed by atoms with E-state index in [4.69, 9.17) is 39.2 Å². The normalized spacial score (nSPS) is 41.6. The minimum atomic E-state index is -3.82. The molecule has 382 valence electrons. The van der Waals surface area contributed by atoms with Gasteiger partial charge in [-0.3, -0.25) is 23.7 Å².